The first-order valence-electron chi connectivity index (χ1n) is 8.85. The number of nitrogens with zero attached hydrogens (tertiary/aromatic N) is 4. The Kier molecular flexibility index (Phi) is 4.85. The molecule has 0 fully saturated rings. The number of fused-ring (bicyclic) bond motifs is 3. The van der Waals surface area contributed by atoms with Crippen molar-refractivity contribution in [2.45, 2.75) is 30.8 Å². The van der Waals surface area contributed by atoms with Gasteiger partial charge in [-0.1, -0.05) is 43.0 Å². The molecule has 0 saturated carbocycles. The smallest absolute Gasteiger partial charge is 0.262 e. The van der Waals surface area contributed by atoms with Gasteiger partial charge in [-0.25, -0.2) is 0 Å². The summed E-state index contributed by atoms with van der Waals surface area (Å²) in [6.07, 6.45) is 0.856. The van der Waals surface area contributed by atoms with Gasteiger partial charge in [0.15, 0.2) is 5.16 Å². The van der Waals surface area contributed by atoms with E-state index in [9.17, 15) is 4.79 Å². The van der Waals surface area contributed by atoms with E-state index in [0.717, 1.165) is 28.6 Å². The first kappa shape index (κ1) is 17.6. The molecule has 0 bridgehead atoms. The van der Waals surface area contributed by atoms with E-state index in [0.29, 0.717) is 17.7 Å². The molecule has 0 radical (unpaired) electrons. The molecule has 0 amide bonds. The number of hydrogen-bond acceptors (Lipinski definition) is 5. The molecule has 0 unspecified atom stereocenters. The maximum atomic E-state index is 12.8. The van der Waals surface area contributed by atoms with Gasteiger partial charge in [-0.15, -0.1) is 10.2 Å². The Labute approximate surface area is 160 Å². The zero-order valence-electron chi connectivity index (χ0n) is 15.3. The van der Waals surface area contributed by atoms with E-state index in [4.69, 9.17) is 4.74 Å². The Hall–Kier alpha value is -2.80. The number of ether oxygens (including phenoxy) is 1. The molecule has 0 saturated heterocycles. The molecule has 0 aliphatic heterocycles. The van der Waals surface area contributed by atoms with E-state index >= 15 is 0 Å². The normalized spacial score (nSPS) is 11.3. The van der Waals surface area contributed by atoms with Gasteiger partial charge < -0.3 is 4.74 Å². The topological polar surface area (TPSA) is 61.4 Å². The maximum Gasteiger partial charge on any atom is 0.262 e. The highest BCUT2D eigenvalue weighted by molar-refractivity contribution is 7.98. The predicted molar refractivity (Wildman–Crippen MR) is 108 cm³/mol. The third-order valence-corrected chi connectivity index (χ3v) is 5.45. The van der Waals surface area contributed by atoms with Crippen LogP contribution < -0.4 is 10.3 Å². The van der Waals surface area contributed by atoms with Crippen molar-refractivity contribution in [2.24, 2.45) is 0 Å². The van der Waals surface area contributed by atoms with E-state index in [1.165, 1.54) is 5.56 Å². The molecule has 0 N–H and O–H groups in total. The third-order valence-electron chi connectivity index (χ3n) is 4.45. The maximum absolute atomic E-state index is 12.8. The number of methoxy groups -OCH3 is 1. The van der Waals surface area contributed by atoms with Crippen LogP contribution in [0.1, 0.15) is 18.9 Å². The molecule has 6 nitrogen and oxygen atoms in total. The quantitative estimate of drug-likeness (QED) is 0.477. The minimum atomic E-state index is -0.0148. The fraction of sp³-hybridized carbons (Fsp3) is 0.250. The van der Waals surface area contributed by atoms with Gasteiger partial charge >= 0.3 is 0 Å². The number of benzene rings is 2. The number of aromatic nitrogens is 4. The van der Waals surface area contributed by atoms with Crippen LogP contribution in [0.2, 0.25) is 0 Å². The molecule has 0 aliphatic rings. The zero-order chi connectivity index (χ0) is 18.8. The zero-order valence-corrected chi connectivity index (χ0v) is 16.1. The molecule has 4 aromatic rings. The molecular weight excluding hydrogens is 360 g/mol. The van der Waals surface area contributed by atoms with Gasteiger partial charge in [0.05, 0.1) is 18.0 Å². The molecule has 0 spiro atoms. The average molecular weight is 380 g/mol. The van der Waals surface area contributed by atoms with Gasteiger partial charge in [-0.3, -0.25) is 13.8 Å². The van der Waals surface area contributed by atoms with E-state index in [-0.39, 0.29) is 5.56 Å². The minimum absolute atomic E-state index is 0.0148. The number of thioether (sulfide) groups is 1. The van der Waals surface area contributed by atoms with Crippen molar-refractivity contribution in [3.63, 3.8) is 0 Å². The molecule has 2 aromatic carbocycles. The van der Waals surface area contributed by atoms with Crippen LogP contribution >= 0.6 is 11.8 Å². The lowest BCUT2D eigenvalue weighted by atomic mass is 10.2. The summed E-state index contributed by atoms with van der Waals surface area (Å²) in [4.78, 5) is 12.8. The van der Waals surface area contributed by atoms with Gasteiger partial charge in [-0.2, -0.15) is 0 Å². The lowest BCUT2D eigenvalue weighted by Gasteiger charge is -2.10. The molecule has 7 heteroatoms. The van der Waals surface area contributed by atoms with Crippen molar-refractivity contribution in [1.82, 2.24) is 19.2 Å². The molecule has 2 heterocycles. The van der Waals surface area contributed by atoms with Gasteiger partial charge in [0.1, 0.15) is 5.75 Å². The highest BCUT2D eigenvalue weighted by Crippen LogP contribution is 2.25. The first-order valence-corrected chi connectivity index (χ1v) is 9.84. The highest BCUT2D eigenvalue weighted by Gasteiger charge is 2.16. The fourth-order valence-corrected chi connectivity index (χ4v) is 4.02. The van der Waals surface area contributed by atoms with Crippen LogP contribution in [0.25, 0.3) is 16.7 Å². The highest BCUT2D eigenvalue weighted by atomic mass is 32.2. The van der Waals surface area contributed by atoms with Crippen LogP contribution in [0.5, 0.6) is 5.75 Å². The number of rotatable bonds is 6. The molecule has 4 rings (SSSR count). The van der Waals surface area contributed by atoms with Crippen molar-refractivity contribution < 1.29 is 4.74 Å². The Bertz CT molecular complexity index is 1150. The summed E-state index contributed by atoms with van der Waals surface area (Å²) in [6, 6.07) is 15.6. The Morgan fingerprint density at radius 1 is 1.07 bits per heavy atom. The minimum Gasteiger partial charge on any atom is -0.497 e. The van der Waals surface area contributed by atoms with Crippen LogP contribution in [0, 0.1) is 0 Å². The van der Waals surface area contributed by atoms with Crippen LogP contribution in [-0.2, 0) is 12.3 Å². The molecule has 2 aromatic heterocycles. The summed E-state index contributed by atoms with van der Waals surface area (Å²) in [5.74, 6) is 2.19. The van der Waals surface area contributed by atoms with Gasteiger partial charge in [-0.05, 0) is 36.2 Å². The number of aryl methyl sites for hydroxylation is 1. The van der Waals surface area contributed by atoms with Gasteiger partial charge in [0.2, 0.25) is 5.78 Å². The van der Waals surface area contributed by atoms with E-state index < -0.39 is 0 Å². The molecule has 0 aliphatic carbocycles. The van der Waals surface area contributed by atoms with Crippen LogP contribution in [0.15, 0.2) is 58.5 Å². The van der Waals surface area contributed by atoms with Gasteiger partial charge in [0.25, 0.3) is 5.56 Å². The van der Waals surface area contributed by atoms with Crippen LogP contribution in [0.3, 0.4) is 0 Å². The molecular formula is C20H20N4O2S. The Balaban J connectivity index is 1.78. The lowest BCUT2D eigenvalue weighted by Crippen LogP contribution is -2.23. The van der Waals surface area contributed by atoms with Crippen LogP contribution in [0.4, 0.5) is 0 Å². The predicted octanol–water partition coefficient (Wildman–Crippen LogP) is 3.76. The second kappa shape index (κ2) is 7.44. The largest absolute Gasteiger partial charge is 0.497 e. The fourth-order valence-electron chi connectivity index (χ4n) is 3.12. The summed E-state index contributed by atoms with van der Waals surface area (Å²) >= 11 is 1.60. The van der Waals surface area contributed by atoms with Crippen molar-refractivity contribution in [1.29, 1.82) is 0 Å². The summed E-state index contributed by atoms with van der Waals surface area (Å²) in [7, 11) is 1.66. The SMILES string of the molecule is CCCn1c(=O)c2ccccc2n2c(SCc3ccc(OC)cc3)nnc12. The average Bonchev–Trinajstić information content (AvgIpc) is 3.14. The second-order valence-electron chi connectivity index (χ2n) is 6.23. The molecule has 27 heavy (non-hydrogen) atoms. The summed E-state index contributed by atoms with van der Waals surface area (Å²) < 4.78 is 8.91. The standard InChI is InChI=1S/C20H20N4O2S/c1-3-12-23-18(25)16-6-4-5-7-17(16)24-19(23)21-22-20(24)27-13-14-8-10-15(26-2)11-9-14/h4-11H,3,12-13H2,1-2H3. The van der Waals surface area contributed by atoms with E-state index in [1.807, 2.05) is 59.9 Å². The second-order valence-corrected chi connectivity index (χ2v) is 7.17. The first-order chi connectivity index (χ1) is 13.2. The van der Waals surface area contributed by atoms with E-state index in [2.05, 4.69) is 10.2 Å². The van der Waals surface area contributed by atoms with Crippen molar-refractivity contribution in [2.75, 3.05) is 7.11 Å². The third kappa shape index (κ3) is 3.19. The van der Waals surface area contributed by atoms with Crippen LogP contribution in [-0.4, -0.2) is 26.3 Å². The summed E-state index contributed by atoms with van der Waals surface area (Å²) in [6.45, 7) is 2.67. The summed E-state index contributed by atoms with van der Waals surface area (Å²) in [5, 5.41) is 10.2. The Morgan fingerprint density at radius 2 is 1.85 bits per heavy atom. The van der Waals surface area contributed by atoms with Crippen molar-refractivity contribution >= 4 is 28.4 Å². The van der Waals surface area contributed by atoms with Gasteiger partial charge in [0, 0.05) is 12.3 Å². The Morgan fingerprint density at radius 3 is 2.59 bits per heavy atom. The molecule has 138 valence electrons. The van der Waals surface area contributed by atoms with Crippen molar-refractivity contribution in [3.8, 4) is 5.75 Å². The van der Waals surface area contributed by atoms with E-state index in [1.54, 1.807) is 23.4 Å². The monoisotopic (exact) mass is 380 g/mol. The molecule has 0 atom stereocenters. The summed E-state index contributed by atoms with van der Waals surface area (Å²) in [5.41, 5.74) is 2.00. The number of hydrogen-bond donors (Lipinski definition) is 0. The lowest BCUT2D eigenvalue weighted by molar-refractivity contribution is 0.414. The number of para-hydroxylation sites is 1. The van der Waals surface area contributed by atoms with Crippen molar-refractivity contribution in [3.05, 3.63) is 64.4 Å².